The Morgan fingerprint density at radius 2 is 1.92 bits per heavy atom. The van der Waals surface area contributed by atoms with Crippen molar-refractivity contribution in [3.8, 4) is 0 Å². The largest absolute Gasteiger partial charge is 0.463 e. The molecule has 5 nitrogen and oxygen atoms in total. The summed E-state index contributed by atoms with van der Waals surface area (Å²) in [6.07, 6.45) is 3.13. The molecule has 1 aliphatic rings. The average Bonchev–Trinajstić information content (AvgIpc) is 2.64. The van der Waals surface area contributed by atoms with E-state index in [0.717, 1.165) is 18.4 Å². The molecule has 1 aromatic carbocycles. The number of rotatable bonds is 7. The van der Waals surface area contributed by atoms with Crippen LogP contribution in [0.15, 0.2) is 30.3 Å². The molecule has 0 unspecified atom stereocenters. The van der Waals surface area contributed by atoms with Crippen molar-refractivity contribution in [2.24, 2.45) is 29.4 Å². The summed E-state index contributed by atoms with van der Waals surface area (Å²) >= 11 is 0. The molecule has 0 aromatic heterocycles. The van der Waals surface area contributed by atoms with Gasteiger partial charge in [-0.15, -0.1) is 0 Å². The molecule has 2 rings (SSSR count). The van der Waals surface area contributed by atoms with Gasteiger partial charge in [0.15, 0.2) is 0 Å². The molecule has 0 bridgehead atoms. The van der Waals surface area contributed by atoms with E-state index < -0.39 is 0 Å². The molecule has 1 aliphatic carbocycles. The smallest absolute Gasteiger partial charge is 0.309 e. The number of ether oxygens (including phenoxy) is 1. The molecule has 1 saturated carbocycles. The number of hydrogen-bond donors (Lipinski definition) is 2. The molecule has 0 saturated heterocycles. The van der Waals surface area contributed by atoms with Crippen LogP contribution in [0.2, 0.25) is 0 Å². The van der Waals surface area contributed by atoms with Gasteiger partial charge in [-0.25, -0.2) is 0 Å². The quantitative estimate of drug-likeness (QED) is 0.732. The van der Waals surface area contributed by atoms with Crippen molar-refractivity contribution in [2.75, 3.05) is 13.2 Å². The summed E-state index contributed by atoms with van der Waals surface area (Å²) in [7, 11) is 0. The van der Waals surface area contributed by atoms with E-state index >= 15 is 0 Å². The summed E-state index contributed by atoms with van der Waals surface area (Å²) in [5, 5.41) is 2.84. The fourth-order valence-corrected chi connectivity index (χ4v) is 3.91. The molecular formula is C21H32N2O3. The molecule has 144 valence electrons. The second-order valence-electron chi connectivity index (χ2n) is 7.80. The SMILES string of the molecule is CC(C)[C@@H]1CC[C@@H](C)C[C@H]1C(=O)OC[C@@H](NC(=O)CN)c1ccccc1. The van der Waals surface area contributed by atoms with Crippen LogP contribution in [0.5, 0.6) is 0 Å². The maximum absolute atomic E-state index is 12.8. The zero-order chi connectivity index (χ0) is 19.1. The van der Waals surface area contributed by atoms with E-state index in [1.54, 1.807) is 0 Å². The van der Waals surface area contributed by atoms with Crippen molar-refractivity contribution in [3.05, 3.63) is 35.9 Å². The van der Waals surface area contributed by atoms with Gasteiger partial charge in [-0.05, 0) is 36.2 Å². The first kappa shape index (κ1) is 20.4. The van der Waals surface area contributed by atoms with Crippen LogP contribution in [0.4, 0.5) is 0 Å². The standard InChI is InChI=1S/C21H32N2O3/c1-14(2)17-10-9-15(3)11-18(17)21(25)26-13-19(23-20(24)12-22)16-7-5-4-6-8-16/h4-8,14-15,17-19H,9-13,22H2,1-3H3,(H,23,24)/t15-,17+,18-,19-/m1/s1. The summed E-state index contributed by atoms with van der Waals surface area (Å²) in [5.74, 6) is 0.915. The zero-order valence-electron chi connectivity index (χ0n) is 16.1. The Kier molecular flexibility index (Phi) is 7.64. The normalized spacial score (nSPS) is 24.1. The van der Waals surface area contributed by atoms with Gasteiger partial charge < -0.3 is 15.8 Å². The summed E-state index contributed by atoms with van der Waals surface area (Å²) in [5.41, 5.74) is 6.32. The van der Waals surface area contributed by atoms with Gasteiger partial charge in [-0.1, -0.05) is 57.5 Å². The first-order valence-electron chi connectivity index (χ1n) is 9.63. The van der Waals surface area contributed by atoms with Crippen LogP contribution in [0.25, 0.3) is 0 Å². The molecule has 1 amide bonds. The highest BCUT2D eigenvalue weighted by Crippen LogP contribution is 2.38. The topological polar surface area (TPSA) is 81.4 Å². The van der Waals surface area contributed by atoms with Gasteiger partial charge >= 0.3 is 5.97 Å². The summed E-state index contributed by atoms with van der Waals surface area (Å²) in [6, 6.07) is 9.15. The molecule has 0 radical (unpaired) electrons. The van der Waals surface area contributed by atoms with Crippen molar-refractivity contribution < 1.29 is 14.3 Å². The number of carbonyl (C=O) groups is 2. The number of nitrogens with one attached hydrogen (secondary N) is 1. The van der Waals surface area contributed by atoms with Crippen molar-refractivity contribution >= 4 is 11.9 Å². The second kappa shape index (κ2) is 9.72. The minimum Gasteiger partial charge on any atom is -0.463 e. The first-order valence-corrected chi connectivity index (χ1v) is 9.63. The molecule has 3 N–H and O–H groups in total. The number of esters is 1. The van der Waals surface area contributed by atoms with E-state index in [-0.39, 0.29) is 37.0 Å². The van der Waals surface area contributed by atoms with Crippen LogP contribution in [0.3, 0.4) is 0 Å². The van der Waals surface area contributed by atoms with E-state index in [2.05, 4.69) is 26.1 Å². The highest BCUT2D eigenvalue weighted by atomic mass is 16.5. The lowest BCUT2D eigenvalue weighted by Crippen LogP contribution is -2.38. The Hall–Kier alpha value is -1.88. The van der Waals surface area contributed by atoms with Gasteiger partial charge in [0.05, 0.1) is 18.5 Å². The summed E-state index contributed by atoms with van der Waals surface area (Å²) in [4.78, 5) is 24.5. The van der Waals surface area contributed by atoms with Gasteiger partial charge in [0.2, 0.25) is 5.91 Å². The van der Waals surface area contributed by atoms with Gasteiger partial charge in [0, 0.05) is 0 Å². The second-order valence-corrected chi connectivity index (χ2v) is 7.80. The van der Waals surface area contributed by atoms with Gasteiger partial charge in [-0.3, -0.25) is 9.59 Å². The number of benzene rings is 1. The monoisotopic (exact) mass is 360 g/mol. The molecule has 4 atom stereocenters. The Bertz CT molecular complexity index is 588. The van der Waals surface area contributed by atoms with Gasteiger partial charge in [-0.2, -0.15) is 0 Å². The third kappa shape index (κ3) is 5.56. The van der Waals surface area contributed by atoms with Crippen molar-refractivity contribution in [2.45, 2.75) is 46.1 Å². The van der Waals surface area contributed by atoms with E-state index in [1.165, 1.54) is 6.42 Å². The number of hydrogen-bond acceptors (Lipinski definition) is 4. The Labute approximate surface area is 156 Å². The molecule has 5 heteroatoms. The van der Waals surface area contributed by atoms with Gasteiger partial charge in [0.1, 0.15) is 6.61 Å². The van der Waals surface area contributed by atoms with Crippen molar-refractivity contribution in [1.82, 2.24) is 5.32 Å². The highest BCUT2D eigenvalue weighted by Gasteiger charge is 2.36. The molecule has 26 heavy (non-hydrogen) atoms. The minimum absolute atomic E-state index is 0.0552. The van der Waals surface area contributed by atoms with Crippen LogP contribution in [0, 0.1) is 23.7 Å². The lowest BCUT2D eigenvalue weighted by Gasteiger charge is -2.36. The number of carbonyl (C=O) groups excluding carboxylic acids is 2. The van der Waals surface area contributed by atoms with E-state index in [1.807, 2.05) is 30.3 Å². The molecule has 0 heterocycles. The molecule has 1 aromatic rings. The lowest BCUT2D eigenvalue weighted by molar-refractivity contribution is -0.154. The number of nitrogens with two attached hydrogens (primary N) is 1. The van der Waals surface area contributed by atoms with E-state index in [0.29, 0.717) is 17.8 Å². The molecular weight excluding hydrogens is 328 g/mol. The van der Waals surface area contributed by atoms with Crippen molar-refractivity contribution in [1.29, 1.82) is 0 Å². The molecule has 0 aliphatic heterocycles. The van der Waals surface area contributed by atoms with Crippen molar-refractivity contribution in [3.63, 3.8) is 0 Å². The average molecular weight is 360 g/mol. The lowest BCUT2D eigenvalue weighted by atomic mass is 9.70. The maximum atomic E-state index is 12.8. The third-order valence-electron chi connectivity index (χ3n) is 5.44. The van der Waals surface area contributed by atoms with Crippen LogP contribution in [-0.4, -0.2) is 25.0 Å². The summed E-state index contributed by atoms with van der Waals surface area (Å²) in [6.45, 7) is 6.59. The first-order chi connectivity index (χ1) is 12.4. The van der Waals surface area contributed by atoms with E-state index in [9.17, 15) is 9.59 Å². The minimum atomic E-state index is -0.380. The Morgan fingerprint density at radius 3 is 2.54 bits per heavy atom. The molecule has 1 fully saturated rings. The summed E-state index contributed by atoms with van der Waals surface area (Å²) < 4.78 is 5.68. The van der Waals surface area contributed by atoms with E-state index in [4.69, 9.17) is 10.5 Å². The number of amides is 1. The van der Waals surface area contributed by atoms with Crippen LogP contribution < -0.4 is 11.1 Å². The van der Waals surface area contributed by atoms with Gasteiger partial charge in [0.25, 0.3) is 0 Å². The predicted molar refractivity (Wildman–Crippen MR) is 102 cm³/mol. The fraction of sp³-hybridized carbons (Fsp3) is 0.619. The Balaban J connectivity index is 2.04. The predicted octanol–water partition coefficient (Wildman–Crippen LogP) is 3.05. The third-order valence-corrected chi connectivity index (χ3v) is 5.44. The fourth-order valence-electron chi connectivity index (χ4n) is 3.91. The van der Waals surface area contributed by atoms with Crippen LogP contribution >= 0.6 is 0 Å². The highest BCUT2D eigenvalue weighted by molar-refractivity contribution is 5.78. The zero-order valence-corrected chi connectivity index (χ0v) is 16.1. The maximum Gasteiger partial charge on any atom is 0.309 e. The van der Waals surface area contributed by atoms with Crippen LogP contribution in [-0.2, 0) is 14.3 Å². The molecule has 0 spiro atoms. The Morgan fingerprint density at radius 1 is 1.23 bits per heavy atom. The van der Waals surface area contributed by atoms with Crippen LogP contribution in [0.1, 0.15) is 51.6 Å².